The van der Waals surface area contributed by atoms with Crippen LogP contribution in [0.3, 0.4) is 0 Å². The molecule has 0 bridgehead atoms. The van der Waals surface area contributed by atoms with Crippen LogP contribution in [-0.2, 0) is 4.79 Å². The first-order chi connectivity index (χ1) is 21.4. The van der Waals surface area contributed by atoms with Crippen molar-refractivity contribution in [2.75, 3.05) is 11.9 Å². The lowest BCUT2D eigenvalue weighted by molar-refractivity contribution is -0.159. The topological polar surface area (TPSA) is 65.2 Å². The van der Waals surface area contributed by atoms with Gasteiger partial charge in [0.25, 0.3) is 5.91 Å². The zero-order valence-electron chi connectivity index (χ0n) is 28.2. The van der Waals surface area contributed by atoms with Crippen molar-refractivity contribution in [1.82, 2.24) is 16.2 Å². The zero-order valence-corrected chi connectivity index (χ0v) is 28.2. The molecule has 1 aromatic carbocycles. The summed E-state index contributed by atoms with van der Waals surface area (Å²) in [5.74, 6) is -0.109. The Balaban J connectivity index is 1.53. The van der Waals surface area contributed by atoms with Crippen LogP contribution in [0, 0.1) is 22.7 Å². The molecule has 4 rings (SSSR count). The highest BCUT2D eigenvalue weighted by molar-refractivity contribution is 6.04. The third-order valence-electron chi connectivity index (χ3n) is 11.8. The number of hydrazine groups is 1. The summed E-state index contributed by atoms with van der Waals surface area (Å²) in [6.45, 7) is 15.9. The van der Waals surface area contributed by atoms with Gasteiger partial charge in [-0.2, -0.15) is 13.2 Å². The zero-order chi connectivity index (χ0) is 32.8. The van der Waals surface area contributed by atoms with Crippen molar-refractivity contribution in [2.45, 2.75) is 136 Å². The summed E-state index contributed by atoms with van der Waals surface area (Å²) in [7, 11) is 0. The summed E-state index contributed by atoms with van der Waals surface area (Å²) >= 11 is 0. The Kier molecular flexibility index (Phi) is 11.9. The van der Waals surface area contributed by atoms with E-state index in [2.05, 4.69) is 61.8 Å². The van der Waals surface area contributed by atoms with Crippen molar-refractivity contribution in [3.8, 4) is 0 Å². The summed E-state index contributed by atoms with van der Waals surface area (Å²) < 4.78 is 41.7. The molecule has 1 heterocycles. The third kappa shape index (κ3) is 7.64. The fourth-order valence-corrected chi connectivity index (χ4v) is 8.87. The van der Waals surface area contributed by atoms with Crippen LogP contribution < -0.4 is 21.5 Å². The molecule has 2 saturated carbocycles. The van der Waals surface area contributed by atoms with Gasteiger partial charge in [-0.05, 0) is 85.0 Å². The normalized spacial score (nSPS) is 29.6. The highest BCUT2D eigenvalue weighted by atomic mass is 19.4. The molecule has 4 N–H and O–H groups in total. The number of allylic oxidation sites excluding steroid dienone is 2. The second kappa shape index (κ2) is 15.1. The van der Waals surface area contributed by atoms with E-state index in [0.29, 0.717) is 29.0 Å². The van der Waals surface area contributed by atoms with Crippen molar-refractivity contribution < 1.29 is 18.0 Å². The van der Waals surface area contributed by atoms with Crippen molar-refractivity contribution in [1.29, 1.82) is 0 Å². The van der Waals surface area contributed by atoms with E-state index >= 15 is 0 Å². The Bertz CT molecular complexity index is 1200. The monoisotopic (exact) mass is 630 g/mol. The first kappa shape index (κ1) is 35.5. The first-order valence-electron chi connectivity index (χ1n) is 17.5. The van der Waals surface area contributed by atoms with E-state index in [4.69, 9.17) is 0 Å². The van der Waals surface area contributed by atoms with E-state index in [1.54, 1.807) is 6.92 Å². The molecule has 8 heteroatoms. The maximum atomic E-state index is 13.9. The summed E-state index contributed by atoms with van der Waals surface area (Å²) in [5.41, 5.74) is 10.0. The lowest BCUT2D eigenvalue weighted by atomic mass is 9.78. The fourth-order valence-electron chi connectivity index (χ4n) is 8.87. The van der Waals surface area contributed by atoms with Crippen LogP contribution >= 0.6 is 0 Å². The van der Waals surface area contributed by atoms with Gasteiger partial charge in [-0.15, -0.1) is 6.58 Å². The van der Waals surface area contributed by atoms with Crippen molar-refractivity contribution in [3.05, 3.63) is 53.8 Å². The molecule has 3 aliphatic rings. The number of carbonyl (C=O) groups is 1. The van der Waals surface area contributed by atoms with Crippen LogP contribution in [0.5, 0.6) is 0 Å². The summed E-state index contributed by atoms with van der Waals surface area (Å²) in [4.78, 5) is 13.5. The maximum absolute atomic E-state index is 13.9. The fraction of sp³-hybridized carbons (Fsp3) is 0.703. The van der Waals surface area contributed by atoms with Crippen LogP contribution in [0.4, 0.5) is 18.9 Å². The molecule has 2 fully saturated rings. The second-order valence-corrected chi connectivity index (χ2v) is 14.2. The Labute approximate surface area is 269 Å². The van der Waals surface area contributed by atoms with Crippen LogP contribution in [0.25, 0.3) is 0 Å². The number of rotatable bonds is 15. The van der Waals surface area contributed by atoms with Gasteiger partial charge in [0.1, 0.15) is 6.04 Å². The summed E-state index contributed by atoms with van der Waals surface area (Å²) in [6, 6.07) is 6.26. The number of carbonyl (C=O) groups excluding carboxylic acids is 1. The average Bonchev–Trinajstić information content (AvgIpc) is 3.54. The number of unbranched alkanes of at least 4 members (excludes halogenated alkanes) is 3. The molecular weight excluding hydrogens is 573 g/mol. The molecule has 252 valence electrons. The lowest BCUT2D eigenvalue weighted by Crippen LogP contribution is -2.49. The van der Waals surface area contributed by atoms with Crippen LogP contribution in [0.15, 0.2) is 48.2 Å². The third-order valence-corrected chi connectivity index (χ3v) is 11.8. The van der Waals surface area contributed by atoms with E-state index in [-0.39, 0.29) is 35.4 Å². The van der Waals surface area contributed by atoms with Gasteiger partial charge in [0.15, 0.2) is 0 Å². The van der Waals surface area contributed by atoms with Crippen molar-refractivity contribution in [3.63, 3.8) is 0 Å². The number of fused-ring (bicyclic) bond motifs is 1. The molecule has 2 aliphatic carbocycles. The SMILES string of the molecule is C=C[C@H](CC(NNCC)C12CCCCCC1(C)C2C)c1cccc(NC(=O)C2=C(C)C(CCCCCC)CC(C(F)(F)F)N2)c1. The molecular formula is C37H57F3N4O. The standard InChI is InChI=1S/C37H57F3N4O/c1-7-10-11-13-17-28-24-32(37(38,39)40)43-33(25(28)4)34(45)42-30-19-16-18-29(22-30)27(8-2)23-31(44-41-9-3)36-21-15-12-14-20-35(36,6)26(36)5/h8,16,18-19,22,26-28,31-32,41,43-44H,2,7,9-15,17,20-21,23-24H2,1,3-6H3,(H,42,45)/t26?,27-,28?,31?,32?,35?,36?/m1/s1. The van der Waals surface area contributed by atoms with Gasteiger partial charge in [0, 0.05) is 24.2 Å². The van der Waals surface area contributed by atoms with Crippen molar-refractivity contribution >= 4 is 11.6 Å². The van der Waals surface area contributed by atoms with Crippen LogP contribution in [0.2, 0.25) is 0 Å². The Morgan fingerprint density at radius 2 is 1.91 bits per heavy atom. The highest BCUT2D eigenvalue weighted by Crippen LogP contribution is 2.76. The minimum atomic E-state index is -4.42. The number of hydrogen-bond donors (Lipinski definition) is 4. The Morgan fingerprint density at radius 3 is 2.60 bits per heavy atom. The Morgan fingerprint density at radius 1 is 1.16 bits per heavy atom. The maximum Gasteiger partial charge on any atom is 0.408 e. The number of benzene rings is 1. The van der Waals surface area contributed by atoms with Gasteiger partial charge in [-0.3, -0.25) is 15.6 Å². The predicted octanol–water partition coefficient (Wildman–Crippen LogP) is 9.16. The number of halogens is 3. The van der Waals surface area contributed by atoms with Gasteiger partial charge in [0.2, 0.25) is 0 Å². The second-order valence-electron chi connectivity index (χ2n) is 14.2. The van der Waals surface area contributed by atoms with E-state index < -0.39 is 18.1 Å². The van der Waals surface area contributed by atoms with E-state index in [9.17, 15) is 18.0 Å². The van der Waals surface area contributed by atoms with Gasteiger partial charge in [-0.25, -0.2) is 0 Å². The number of alkyl halides is 3. The average molecular weight is 631 g/mol. The molecule has 1 amide bonds. The molecule has 7 atom stereocenters. The molecule has 6 unspecified atom stereocenters. The van der Waals surface area contributed by atoms with Gasteiger partial charge in [-0.1, -0.05) is 90.8 Å². The molecule has 45 heavy (non-hydrogen) atoms. The smallest absolute Gasteiger partial charge is 0.370 e. The first-order valence-corrected chi connectivity index (χ1v) is 17.5. The number of anilines is 1. The summed E-state index contributed by atoms with van der Waals surface area (Å²) in [5, 5.41) is 5.49. The largest absolute Gasteiger partial charge is 0.408 e. The predicted molar refractivity (Wildman–Crippen MR) is 179 cm³/mol. The lowest BCUT2D eigenvalue weighted by Gasteiger charge is -2.35. The molecule has 5 nitrogen and oxygen atoms in total. The molecule has 1 aliphatic heterocycles. The molecule has 0 spiro atoms. The number of nitrogens with one attached hydrogen (secondary N) is 4. The molecule has 0 saturated heterocycles. The van der Waals surface area contributed by atoms with Gasteiger partial charge in [0.05, 0.1) is 5.70 Å². The van der Waals surface area contributed by atoms with Crippen LogP contribution in [-0.4, -0.2) is 30.7 Å². The molecule has 0 aromatic heterocycles. The number of hydrogen-bond acceptors (Lipinski definition) is 4. The Hall–Kier alpha value is -2.32. The van der Waals surface area contributed by atoms with E-state index in [1.807, 2.05) is 24.3 Å². The minimum absolute atomic E-state index is 0.0318. The van der Waals surface area contributed by atoms with Gasteiger partial charge >= 0.3 is 6.18 Å². The molecule has 1 aromatic rings. The highest BCUT2D eigenvalue weighted by Gasteiger charge is 2.73. The minimum Gasteiger partial charge on any atom is -0.370 e. The summed E-state index contributed by atoms with van der Waals surface area (Å²) in [6.07, 6.45) is 9.37. The van der Waals surface area contributed by atoms with Crippen molar-refractivity contribution in [2.24, 2.45) is 22.7 Å². The van der Waals surface area contributed by atoms with E-state index in [0.717, 1.165) is 44.2 Å². The van der Waals surface area contributed by atoms with E-state index in [1.165, 1.54) is 32.1 Å². The van der Waals surface area contributed by atoms with Gasteiger partial charge < -0.3 is 10.6 Å². The number of amides is 1. The quantitative estimate of drug-likeness (QED) is 0.0887. The molecule has 0 radical (unpaired) electrons. The van der Waals surface area contributed by atoms with Crippen LogP contribution in [0.1, 0.15) is 123 Å².